The Morgan fingerprint density at radius 2 is 1.85 bits per heavy atom. The molecule has 2 aromatic heterocycles. The van der Waals surface area contributed by atoms with E-state index >= 15 is 0 Å². The van der Waals surface area contributed by atoms with Gasteiger partial charge in [-0.3, -0.25) is 0 Å². The van der Waals surface area contributed by atoms with Gasteiger partial charge in [-0.1, -0.05) is 54.1 Å². The Labute approximate surface area is 159 Å². The van der Waals surface area contributed by atoms with Gasteiger partial charge in [0.05, 0.1) is 5.52 Å². The van der Waals surface area contributed by atoms with Crippen LogP contribution >= 0.6 is 0 Å². The first-order chi connectivity index (χ1) is 13.3. The van der Waals surface area contributed by atoms with Crippen LogP contribution in [0.1, 0.15) is 22.3 Å². The Bertz CT molecular complexity index is 1110. The van der Waals surface area contributed by atoms with E-state index in [1.807, 2.05) is 6.20 Å². The van der Waals surface area contributed by atoms with E-state index in [1.54, 1.807) is 0 Å². The lowest BCUT2D eigenvalue weighted by atomic mass is 10.00. The molecule has 27 heavy (non-hydrogen) atoms. The highest BCUT2D eigenvalue weighted by Gasteiger charge is 2.20. The third-order valence-electron chi connectivity index (χ3n) is 5.52. The molecule has 0 saturated heterocycles. The Kier molecular flexibility index (Phi) is 3.93. The van der Waals surface area contributed by atoms with Gasteiger partial charge >= 0.3 is 0 Å². The molecule has 1 aliphatic heterocycles. The number of hydrogen-bond acceptors (Lipinski definition) is 2. The van der Waals surface area contributed by atoms with E-state index in [2.05, 4.69) is 83.3 Å². The van der Waals surface area contributed by atoms with E-state index < -0.39 is 0 Å². The third-order valence-corrected chi connectivity index (χ3v) is 5.52. The van der Waals surface area contributed by atoms with Crippen molar-refractivity contribution in [3.8, 4) is 0 Å². The van der Waals surface area contributed by atoms with E-state index in [0.29, 0.717) is 0 Å². The minimum absolute atomic E-state index is 0.869. The van der Waals surface area contributed by atoms with Gasteiger partial charge in [0.1, 0.15) is 0 Å². The van der Waals surface area contributed by atoms with Gasteiger partial charge in [-0.2, -0.15) is 0 Å². The number of anilines is 1. The molecule has 1 aliphatic rings. The van der Waals surface area contributed by atoms with Crippen LogP contribution in [-0.2, 0) is 19.5 Å². The second-order valence-corrected chi connectivity index (χ2v) is 7.45. The second-order valence-electron chi connectivity index (χ2n) is 7.45. The zero-order valence-corrected chi connectivity index (χ0v) is 15.6. The molecule has 2 aromatic carbocycles. The minimum atomic E-state index is 0.869. The number of aryl methyl sites for hydroxylation is 1. The van der Waals surface area contributed by atoms with Gasteiger partial charge < -0.3 is 9.47 Å². The van der Waals surface area contributed by atoms with Crippen molar-refractivity contribution in [2.45, 2.75) is 26.4 Å². The fourth-order valence-corrected chi connectivity index (χ4v) is 4.18. The van der Waals surface area contributed by atoms with E-state index in [4.69, 9.17) is 4.98 Å². The molecule has 0 atom stereocenters. The van der Waals surface area contributed by atoms with Crippen LogP contribution in [0.25, 0.3) is 10.9 Å². The molecule has 0 N–H and O–H groups in total. The lowest BCUT2D eigenvalue weighted by molar-refractivity contribution is 0.719. The van der Waals surface area contributed by atoms with E-state index in [0.717, 1.165) is 31.9 Å². The SMILES string of the molecule is Cc1cccc(Cn2ccc3ccnc(N4CCc5ccccc5C4)c32)c1. The Hall–Kier alpha value is -3.07. The topological polar surface area (TPSA) is 21.1 Å². The van der Waals surface area contributed by atoms with Gasteiger partial charge in [0.25, 0.3) is 0 Å². The second kappa shape index (κ2) is 6.58. The van der Waals surface area contributed by atoms with Gasteiger partial charge in [0, 0.05) is 37.4 Å². The molecule has 5 rings (SSSR count). The summed E-state index contributed by atoms with van der Waals surface area (Å²) >= 11 is 0. The first kappa shape index (κ1) is 16.1. The lowest BCUT2D eigenvalue weighted by Gasteiger charge is -2.30. The zero-order valence-electron chi connectivity index (χ0n) is 15.6. The molecular formula is C24H23N3. The number of pyridine rings is 1. The Morgan fingerprint density at radius 3 is 2.74 bits per heavy atom. The first-order valence-corrected chi connectivity index (χ1v) is 9.59. The van der Waals surface area contributed by atoms with Crippen molar-refractivity contribution in [1.82, 2.24) is 9.55 Å². The van der Waals surface area contributed by atoms with Crippen molar-refractivity contribution in [2.24, 2.45) is 0 Å². The Morgan fingerprint density at radius 1 is 0.963 bits per heavy atom. The summed E-state index contributed by atoms with van der Waals surface area (Å²) in [4.78, 5) is 7.23. The summed E-state index contributed by atoms with van der Waals surface area (Å²) in [6, 6.07) is 21.8. The summed E-state index contributed by atoms with van der Waals surface area (Å²) in [6.45, 7) is 4.96. The van der Waals surface area contributed by atoms with Gasteiger partial charge in [0.2, 0.25) is 0 Å². The van der Waals surface area contributed by atoms with E-state index in [-0.39, 0.29) is 0 Å². The maximum absolute atomic E-state index is 4.80. The molecule has 0 radical (unpaired) electrons. The molecule has 0 spiro atoms. The monoisotopic (exact) mass is 353 g/mol. The van der Waals surface area contributed by atoms with Crippen LogP contribution in [0.3, 0.4) is 0 Å². The summed E-state index contributed by atoms with van der Waals surface area (Å²) in [5, 5.41) is 1.26. The average molecular weight is 353 g/mol. The molecule has 3 nitrogen and oxygen atoms in total. The van der Waals surface area contributed by atoms with Crippen molar-refractivity contribution >= 4 is 16.7 Å². The van der Waals surface area contributed by atoms with Crippen LogP contribution in [-0.4, -0.2) is 16.1 Å². The highest BCUT2D eigenvalue weighted by atomic mass is 15.2. The molecule has 3 heterocycles. The first-order valence-electron chi connectivity index (χ1n) is 9.59. The van der Waals surface area contributed by atoms with Gasteiger partial charge in [-0.25, -0.2) is 4.98 Å². The molecule has 134 valence electrons. The molecule has 0 saturated carbocycles. The number of rotatable bonds is 3. The van der Waals surface area contributed by atoms with Crippen molar-refractivity contribution in [2.75, 3.05) is 11.4 Å². The lowest BCUT2D eigenvalue weighted by Crippen LogP contribution is -2.31. The molecule has 3 heteroatoms. The predicted molar refractivity (Wildman–Crippen MR) is 111 cm³/mol. The van der Waals surface area contributed by atoms with Gasteiger partial charge in [-0.15, -0.1) is 0 Å². The number of fused-ring (bicyclic) bond motifs is 2. The van der Waals surface area contributed by atoms with E-state index in [1.165, 1.54) is 33.2 Å². The molecular weight excluding hydrogens is 330 g/mol. The standard InChI is InChI=1S/C24H23N3/c1-18-5-4-6-19(15-18)16-26-13-11-21-9-12-25-24(23(21)26)27-14-10-20-7-2-3-8-22(20)17-27/h2-9,11-13,15H,10,14,16-17H2,1H3. The van der Waals surface area contributed by atoms with Crippen molar-refractivity contribution in [1.29, 1.82) is 0 Å². The fourth-order valence-electron chi connectivity index (χ4n) is 4.18. The van der Waals surface area contributed by atoms with Crippen molar-refractivity contribution in [3.05, 3.63) is 95.3 Å². The summed E-state index contributed by atoms with van der Waals surface area (Å²) in [5.74, 6) is 1.10. The summed E-state index contributed by atoms with van der Waals surface area (Å²) in [7, 11) is 0. The normalized spacial score (nSPS) is 13.7. The smallest absolute Gasteiger partial charge is 0.153 e. The van der Waals surface area contributed by atoms with Crippen LogP contribution in [0.4, 0.5) is 5.82 Å². The predicted octanol–water partition coefficient (Wildman–Crippen LogP) is 4.96. The molecule has 4 aromatic rings. The van der Waals surface area contributed by atoms with Crippen LogP contribution in [0.15, 0.2) is 73.1 Å². The Balaban J connectivity index is 1.54. The molecule has 0 bridgehead atoms. The highest BCUT2D eigenvalue weighted by molar-refractivity contribution is 5.90. The number of hydrogen-bond donors (Lipinski definition) is 0. The molecule has 0 amide bonds. The maximum Gasteiger partial charge on any atom is 0.153 e. The van der Waals surface area contributed by atoms with Gasteiger partial charge in [-0.05, 0) is 42.2 Å². The number of nitrogens with zero attached hydrogens (tertiary/aromatic N) is 3. The maximum atomic E-state index is 4.80. The van der Waals surface area contributed by atoms with E-state index in [9.17, 15) is 0 Å². The van der Waals surface area contributed by atoms with Crippen LogP contribution in [0.5, 0.6) is 0 Å². The van der Waals surface area contributed by atoms with Crippen LogP contribution < -0.4 is 4.90 Å². The van der Waals surface area contributed by atoms with Gasteiger partial charge in [0.15, 0.2) is 5.82 Å². The zero-order chi connectivity index (χ0) is 18.2. The minimum Gasteiger partial charge on any atom is -0.350 e. The average Bonchev–Trinajstić information content (AvgIpc) is 3.11. The molecule has 0 fully saturated rings. The van der Waals surface area contributed by atoms with Crippen molar-refractivity contribution < 1.29 is 0 Å². The summed E-state index contributed by atoms with van der Waals surface area (Å²) in [5.41, 5.74) is 6.75. The molecule has 0 aliphatic carbocycles. The number of benzene rings is 2. The summed E-state index contributed by atoms with van der Waals surface area (Å²) < 4.78 is 2.34. The largest absolute Gasteiger partial charge is 0.350 e. The quantitative estimate of drug-likeness (QED) is 0.519. The van der Waals surface area contributed by atoms with Crippen molar-refractivity contribution in [3.63, 3.8) is 0 Å². The number of aromatic nitrogens is 2. The fraction of sp³-hybridized carbons (Fsp3) is 0.208. The van der Waals surface area contributed by atoms with Crippen LogP contribution in [0.2, 0.25) is 0 Å². The molecule has 0 unspecified atom stereocenters. The van der Waals surface area contributed by atoms with Crippen LogP contribution in [0, 0.1) is 6.92 Å². The third kappa shape index (κ3) is 2.99. The highest BCUT2D eigenvalue weighted by Crippen LogP contribution is 2.30. The summed E-state index contributed by atoms with van der Waals surface area (Å²) in [6.07, 6.45) is 5.21.